The summed E-state index contributed by atoms with van der Waals surface area (Å²) in [7, 11) is 6.50. The van der Waals surface area contributed by atoms with Gasteiger partial charge in [0.1, 0.15) is 37.9 Å². The molecular formula is C32H45FO8. The molecule has 0 bridgehead atoms. The molecule has 2 aromatic rings. The standard InChI is InChI=1S/C28H33FO6.2C2H6O/c1-19(2)17-31-11-12-32-23-8-9-24(27(16-23)33-13-14-34-28(30)21(5)6)22-7-10-26(25(29)15-22)35-18-20(3)4;2*1-3-2/h7-10,15-16H,1,3,5,11-14,17-18H2,2,4,6H3;2*1-2H3. The van der Waals surface area contributed by atoms with E-state index in [1.807, 2.05) is 6.92 Å². The third-order valence-electron chi connectivity index (χ3n) is 4.44. The van der Waals surface area contributed by atoms with Crippen molar-refractivity contribution in [3.05, 3.63) is 78.7 Å². The van der Waals surface area contributed by atoms with Crippen molar-refractivity contribution in [2.24, 2.45) is 0 Å². The summed E-state index contributed by atoms with van der Waals surface area (Å²) in [6.45, 7) is 17.9. The summed E-state index contributed by atoms with van der Waals surface area (Å²) >= 11 is 0. The van der Waals surface area contributed by atoms with Gasteiger partial charge in [0.2, 0.25) is 0 Å². The Labute approximate surface area is 244 Å². The highest BCUT2D eigenvalue weighted by Gasteiger charge is 2.13. The molecule has 0 heterocycles. The van der Waals surface area contributed by atoms with Gasteiger partial charge in [-0.25, -0.2) is 9.18 Å². The lowest BCUT2D eigenvalue weighted by Crippen LogP contribution is -2.13. The molecule has 0 aliphatic carbocycles. The van der Waals surface area contributed by atoms with E-state index >= 15 is 0 Å². The first kappa shape index (κ1) is 37.3. The lowest BCUT2D eigenvalue weighted by molar-refractivity contribution is -0.139. The average Bonchev–Trinajstić information content (AvgIpc) is 2.90. The minimum absolute atomic E-state index is 0.0347. The molecule has 0 spiro atoms. The van der Waals surface area contributed by atoms with Gasteiger partial charge in [0.05, 0.1) is 13.2 Å². The van der Waals surface area contributed by atoms with Crippen molar-refractivity contribution in [1.29, 1.82) is 0 Å². The van der Waals surface area contributed by atoms with Crippen molar-refractivity contribution in [3.63, 3.8) is 0 Å². The molecule has 2 aromatic carbocycles. The van der Waals surface area contributed by atoms with Crippen LogP contribution < -0.4 is 14.2 Å². The first-order chi connectivity index (χ1) is 19.5. The molecule has 0 aromatic heterocycles. The Morgan fingerprint density at radius 2 is 1.34 bits per heavy atom. The van der Waals surface area contributed by atoms with Crippen LogP contribution in [0.1, 0.15) is 20.8 Å². The number of rotatable bonds is 15. The van der Waals surface area contributed by atoms with E-state index in [4.69, 9.17) is 23.7 Å². The third-order valence-corrected chi connectivity index (χ3v) is 4.44. The summed E-state index contributed by atoms with van der Waals surface area (Å²) < 4.78 is 50.8. The molecule has 41 heavy (non-hydrogen) atoms. The third kappa shape index (κ3) is 16.9. The number of carbonyl (C=O) groups is 1. The highest BCUT2D eigenvalue weighted by Crippen LogP contribution is 2.35. The normalized spacial score (nSPS) is 9.76. The minimum Gasteiger partial charge on any atom is -0.491 e. The van der Waals surface area contributed by atoms with Crippen LogP contribution in [0.3, 0.4) is 0 Å². The van der Waals surface area contributed by atoms with Crippen molar-refractivity contribution in [1.82, 2.24) is 0 Å². The number of esters is 1. The first-order valence-electron chi connectivity index (χ1n) is 12.8. The van der Waals surface area contributed by atoms with Crippen molar-refractivity contribution < 1.29 is 42.3 Å². The van der Waals surface area contributed by atoms with E-state index < -0.39 is 11.8 Å². The molecule has 0 aliphatic rings. The highest BCUT2D eigenvalue weighted by molar-refractivity contribution is 5.86. The zero-order chi connectivity index (χ0) is 31.2. The molecule has 0 amide bonds. The van der Waals surface area contributed by atoms with Gasteiger partial charge in [-0.15, -0.1) is 0 Å². The highest BCUT2D eigenvalue weighted by atomic mass is 19.1. The van der Waals surface area contributed by atoms with Gasteiger partial charge in [-0.05, 0) is 56.2 Å². The molecule has 2 rings (SSSR count). The second kappa shape index (κ2) is 22.1. The van der Waals surface area contributed by atoms with E-state index in [-0.39, 0.29) is 25.6 Å². The molecule has 8 nitrogen and oxygen atoms in total. The van der Waals surface area contributed by atoms with Crippen LogP contribution in [0.2, 0.25) is 0 Å². The Hall–Kier alpha value is -3.66. The fraction of sp³-hybridized carbons (Fsp3) is 0.406. The molecule has 0 fully saturated rings. The summed E-state index contributed by atoms with van der Waals surface area (Å²) in [4.78, 5) is 11.6. The number of benzene rings is 2. The second-order valence-corrected chi connectivity index (χ2v) is 8.99. The number of ether oxygens (including phenoxy) is 7. The zero-order valence-electron chi connectivity index (χ0n) is 25.5. The SMILES string of the molecule is C=C(C)COCCOc1ccc(-c2ccc(OCC(=C)C)c(F)c2)c(OCCOC(=O)C(=C)C)c1.COC.COC. The Morgan fingerprint density at radius 1 is 0.732 bits per heavy atom. The molecule has 0 unspecified atom stereocenters. The van der Waals surface area contributed by atoms with Crippen molar-refractivity contribution in [2.75, 3.05) is 68.1 Å². The maximum absolute atomic E-state index is 14.7. The van der Waals surface area contributed by atoms with Gasteiger partial charge in [-0.1, -0.05) is 31.4 Å². The first-order valence-corrected chi connectivity index (χ1v) is 12.8. The fourth-order valence-electron chi connectivity index (χ4n) is 2.81. The predicted molar refractivity (Wildman–Crippen MR) is 160 cm³/mol. The zero-order valence-corrected chi connectivity index (χ0v) is 25.5. The maximum atomic E-state index is 14.7. The Bertz CT molecular complexity index is 1100. The van der Waals surface area contributed by atoms with E-state index in [1.165, 1.54) is 6.07 Å². The molecular weight excluding hydrogens is 531 g/mol. The molecule has 0 N–H and O–H groups in total. The average molecular weight is 577 g/mol. The second-order valence-electron chi connectivity index (χ2n) is 8.99. The molecule has 0 radical (unpaired) electrons. The maximum Gasteiger partial charge on any atom is 0.333 e. The lowest BCUT2D eigenvalue weighted by Gasteiger charge is -2.15. The van der Waals surface area contributed by atoms with E-state index in [0.717, 1.165) is 11.1 Å². The molecule has 9 heteroatoms. The Balaban J connectivity index is 0.00000244. The Morgan fingerprint density at radius 3 is 1.90 bits per heavy atom. The van der Waals surface area contributed by atoms with Gasteiger partial charge in [0, 0.05) is 45.6 Å². The summed E-state index contributed by atoms with van der Waals surface area (Å²) in [6.07, 6.45) is 0. The fourth-order valence-corrected chi connectivity index (χ4v) is 2.81. The quantitative estimate of drug-likeness (QED) is 0.104. The summed E-state index contributed by atoms with van der Waals surface area (Å²) in [5.41, 5.74) is 3.26. The molecule has 0 atom stereocenters. The minimum atomic E-state index is -0.500. The van der Waals surface area contributed by atoms with Crippen LogP contribution in [0.15, 0.2) is 72.9 Å². The Kier molecular flexibility index (Phi) is 20.1. The lowest BCUT2D eigenvalue weighted by atomic mass is 10.0. The number of carbonyl (C=O) groups excluding carboxylic acids is 1. The summed E-state index contributed by atoms with van der Waals surface area (Å²) in [6, 6.07) is 9.94. The van der Waals surface area contributed by atoms with Gasteiger partial charge >= 0.3 is 5.97 Å². The molecule has 0 aliphatic heterocycles. The van der Waals surface area contributed by atoms with Crippen LogP contribution >= 0.6 is 0 Å². The number of hydrogen-bond acceptors (Lipinski definition) is 8. The van der Waals surface area contributed by atoms with Crippen LogP contribution in [0.5, 0.6) is 17.2 Å². The van der Waals surface area contributed by atoms with Crippen LogP contribution in [-0.2, 0) is 23.7 Å². The van der Waals surface area contributed by atoms with Crippen LogP contribution in [0.4, 0.5) is 4.39 Å². The van der Waals surface area contributed by atoms with E-state index in [0.29, 0.717) is 48.0 Å². The number of halogens is 1. The van der Waals surface area contributed by atoms with Gasteiger partial charge in [-0.2, -0.15) is 0 Å². The van der Waals surface area contributed by atoms with E-state index in [1.54, 1.807) is 72.6 Å². The van der Waals surface area contributed by atoms with Gasteiger partial charge in [0.15, 0.2) is 11.6 Å². The summed E-state index contributed by atoms with van der Waals surface area (Å²) in [5.74, 6) is 0.157. The van der Waals surface area contributed by atoms with Crippen molar-refractivity contribution in [2.45, 2.75) is 20.8 Å². The molecule has 0 saturated heterocycles. The van der Waals surface area contributed by atoms with E-state index in [2.05, 4.69) is 29.2 Å². The van der Waals surface area contributed by atoms with Gasteiger partial charge in [0.25, 0.3) is 0 Å². The van der Waals surface area contributed by atoms with E-state index in [9.17, 15) is 9.18 Å². The van der Waals surface area contributed by atoms with Crippen molar-refractivity contribution in [3.8, 4) is 28.4 Å². The summed E-state index contributed by atoms with van der Waals surface area (Å²) in [5, 5.41) is 0. The molecule has 228 valence electrons. The van der Waals surface area contributed by atoms with Gasteiger partial charge in [-0.3, -0.25) is 0 Å². The number of methoxy groups -OCH3 is 2. The monoisotopic (exact) mass is 576 g/mol. The van der Waals surface area contributed by atoms with Crippen LogP contribution in [0.25, 0.3) is 11.1 Å². The number of hydrogen-bond donors (Lipinski definition) is 0. The predicted octanol–water partition coefficient (Wildman–Crippen LogP) is 6.44. The topological polar surface area (TPSA) is 81.7 Å². The largest absolute Gasteiger partial charge is 0.491 e. The van der Waals surface area contributed by atoms with Crippen LogP contribution in [-0.4, -0.2) is 74.0 Å². The smallest absolute Gasteiger partial charge is 0.333 e. The molecule has 0 saturated carbocycles. The van der Waals surface area contributed by atoms with Crippen molar-refractivity contribution >= 4 is 5.97 Å². The van der Waals surface area contributed by atoms with Crippen LogP contribution in [0, 0.1) is 5.82 Å². The van der Waals surface area contributed by atoms with Gasteiger partial charge < -0.3 is 33.2 Å².